The highest BCUT2D eigenvalue weighted by Gasteiger charge is 2.14. The molecule has 0 aliphatic rings. The quantitative estimate of drug-likeness (QED) is 0.381. The lowest BCUT2D eigenvalue weighted by Crippen LogP contribution is -2.18. The van der Waals surface area contributed by atoms with Crippen molar-refractivity contribution in [2.24, 2.45) is 5.10 Å². The molecule has 0 saturated heterocycles. The van der Waals surface area contributed by atoms with Crippen LogP contribution in [0.1, 0.15) is 21.6 Å². The summed E-state index contributed by atoms with van der Waals surface area (Å²) in [6.07, 6.45) is 7.14. The third kappa shape index (κ3) is 3.74. The summed E-state index contributed by atoms with van der Waals surface area (Å²) < 4.78 is 8.07. The molecule has 6 heteroatoms. The van der Waals surface area contributed by atoms with Gasteiger partial charge in [-0.3, -0.25) is 4.79 Å². The number of nitrogens with zero attached hydrogens (tertiary/aromatic N) is 2. The lowest BCUT2D eigenvalue weighted by atomic mass is 10.1. The molecular formula is C21H18BrN3O2. The molecule has 136 valence electrons. The summed E-state index contributed by atoms with van der Waals surface area (Å²) in [5.74, 6) is 2.80. The molecule has 27 heavy (non-hydrogen) atoms. The summed E-state index contributed by atoms with van der Waals surface area (Å²) in [6, 6.07) is 13.2. The van der Waals surface area contributed by atoms with E-state index in [2.05, 4.69) is 36.9 Å². The van der Waals surface area contributed by atoms with Crippen LogP contribution in [0.2, 0.25) is 0 Å². The molecule has 1 heterocycles. The number of hydrogen-bond acceptors (Lipinski definition) is 3. The molecule has 1 aromatic heterocycles. The molecular weight excluding hydrogens is 406 g/mol. The van der Waals surface area contributed by atoms with Crippen molar-refractivity contribution in [1.29, 1.82) is 0 Å². The molecule has 1 N–H and O–H groups in total. The average molecular weight is 424 g/mol. The Morgan fingerprint density at radius 3 is 2.89 bits per heavy atom. The minimum atomic E-state index is -0.352. The van der Waals surface area contributed by atoms with Crippen LogP contribution in [0.5, 0.6) is 5.75 Å². The van der Waals surface area contributed by atoms with Gasteiger partial charge in [0.25, 0.3) is 5.91 Å². The molecule has 0 radical (unpaired) electrons. The summed E-state index contributed by atoms with van der Waals surface area (Å²) in [4.78, 5) is 12.5. The van der Waals surface area contributed by atoms with Crippen molar-refractivity contribution in [3.8, 4) is 18.1 Å². The van der Waals surface area contributed by atoms with Crippen LogP contribution < -0.4 is 10.2 Å². The van der Waals surface area contributed by atoms with Gasteiger partial charge in [0.05, 0.1) is 25.4 Å². The van der Waals surface area contributed by atoms with Crippen LogP contribution >= 0.6 is 15.9 Å². The van der Waals surface area contributed by atoms with Gasteiger partial charge in [0.1, 0.15) is 5.75 Å². The molecule has 0 aliphatic heterocycles. The molecule has 0 bridgehead atoms. The fourth-order valence-corrected chi connectivity index (χ4v) is 3.35. The number of ether oxygens (including phenoxy) is 1. The topological polar surface area (TPSA) is 55.6 Å². The minimum absolute atomic E-state index is 0.352. The van der Waals surface area contributed by atoms with Crippen molar-refractivity contribution in [2.75, 3.05) is 7.11 Å². The molecule has 0 unspecified atom stereocenters. The van der Waals surface area contributed by atoms with E-state index in [0.717, 1.165) is 26.6 Å². The Balaban J connectivity index is 1.90. The Morgan fingerprint density at radius 2 is 2.15 bits per heavy atom. The van der Waals surface area contributed by atoms with E-state index in [4.69, 9.17) is 11.2 Å². The van der Waals surface area contributed by atoms with Gasteiger partial charge in [-0.2, -0.15) is 5.10 Å². The van der Waals surface area contributed by atoms with Crippen molar-refractivity contribution >= 4 is 39.0 Å². The summed E-state index contributed by atoms with van der Waals surface area (Å²) in [5, 5.41) is 5.18. The lowest BCUT2D eigenvalue weighted by Gasteiger charge is -2.07. The highest BCUT2D eigenvalue weighted by Crippen LogP contribution is 2.25. The van der Waals surface area contributed by atoms with E-state index >= 15 is 0 Å². The third-order valence-corrected chi connectivity index (χ3v) is 4.79. The van der Waals surface area contributed by atoms with Crippen LogP contribution in [-0.2, 0) is 6.54 Å². The monoisotopic (exact) mass is 423 g/mol. The van der Waals surface area contributed by atoms with Gasteiger partial charge in [0.15, 0.2) is 0 Å². The first-order valence-electron chi connectivity index (χ1n) is 8.25. The number of hydrogen-bond donors (Lipinski definition) is 1. The van der Waals surface area contributed by atoms with Crippen LogP contribution in [-0.4, -0.2) is 23.8 Å². The number of halogens is 1. The fraction of sp³-hybridized carbons (Fsp3) is 0.143. The van der Waals surface area contributed by atoms with E-state index in [-0.39, 0.29) is 5.91 Å². The summed E-state index contributed by atoms with van der Waals surface area (Å²) in [6.45, 7) is 2.46. The number of carbonyl (C=O) groups excluding carboxylic acids is 1. The van der Waals surface area contributed by atoms with E-state index in [1.165, 1.54) is 7.11 Å². The number of nitrogens with one attached hydrogen (secondary N) is 1. The minimum Gasteiger partial charge on any atom is -0.496 e. The highest BCUT2D eigenvalue weighted by atomic mass is 79.9. The maximum atomic E-state index is 12.5. The maximum Gasteiger partial charge on any atom is 0.275 e. The van der Waals surface area contributed by atoms with Crippen LogP contribution in [0.4, 0.5) is 0 Å². The molecule has 0 fully saturated rings. The van der Waals surface area contributed by atoms with Crippen molar-refractivity contribution in [2.45, 2.75) is 13.5 Å². The van der Waals surface area contributed by atoms with Crippen molar-refractivity contribution in [3.63, 3.8) is 0 Å². The number of benzene rings is 2. The standard InChI is InChI=1S/C21H18BrN3O2/c1-4-11-25-14(2)18(16-7-5-6-8-19(16)25)13-23-24-21(26)17-12-15(22)9-10-20(17)27-3/h1,5-10,12-13H,11H2,2-3H3,(H,24,26)/b23-13-. The SMILES string of the molecule is C#CCn1c(C)c(/C=N\NC(=O)c2cc(Br)ccc2OC)c2ccccc21. The predicted octanol–water partition coefficient (Wildman–Crippen LogP) is 4.12. The zero-order valence-corrected chi connectivity index (χ0v) is 16.6. The average Bonchev–Trinajstić information content (AvgIpc) is 2.94. The largest absolute Gasteiger partial charge is 0.496 e. The summed E-state index contributed by atoms with van der Waals surface area (Å²) in [5.41, 5.74) is 5.91. The Morgan fingerprint density at radius 1 is 1.37 bits per heavy atom. The Hall–Kier alpha value is -3.04. The molecule has 3 aromatic rings. The molecule has 3 rings (SSSR count). The predicted molar refractivity (Wildman–Crippen MR) is 111 cm³/mol. The van der Waals surface area contributed by atoms with Crippen molar-refractivity contribution in [3.05, 3.63) is 63.8 Å². The number of fused-ring (bicyclic) bond motifs is 1. The Kier molecular flexibility index (Phi) is 5.63. The van der Waals surface area contributed by atoms with Crippen LogP contribution in [0, 0.1) is 19.3 Å². The number of terminal acetylenes is 1. The molecule has 5 nitrogen and oxygen atoms in total. The Labute approximate surface area is 166 Å². The van der Waals surface area contributed by atoms with Gasteiger partial charge >= 0.3 is 0 Å². The van der Waals surface area contributed by atoms with E-state index in [1.54, 1.807) is 18.3 Å². The van der Waals surface area contributed by atoms with Gasteiger partial charge in [0.2, 0.25) is 0 Å². The van der Waals surface area contributed by atoms with Crippen molar-refractivity contribution < 1.29 is 9.53 Å². The third-order valence-electron chi connectivity index (χ3n) is 4.29. The number of hydrazone groups is 1. The van der Waals surface area contributed by atoms with Gasteiger partial charge in [-0.05, 0) is 31.2 Å². The molecule has 0 atom stereocenters. The maximum absolute atomic E-state index is 12.5. The van der Waals surface area contributed by atoms with Crippen LogP contribution in [0.3, 0.4) is 0 Å². The summed E-state index contributed by atoms with van der Waals surface area (Å²) >= 11 is 3.36. The number of para-hydroxylation sites is 1. The van der Waals surface area contributed by atoms with Gasteiger partial charge in [-0.1, -0.05) is 40.0 Å². The van der Waals surface area contributed by atoms with E-state index in [0.29, 0.717) is 17.9 Å². The number of aromatic nitrogens is 1. The first-order chi connectivity index (χ1) is 13.1. The smallest absolute Gasteiger partial charge is 0.275 e. The zero-order chi connectivity index (χ0) is 19.4. The molecule has 1 amide bonds. The number of rotatable bonds is 5. The van der Waals surface area contributed by atoms with E-state index in [1.807, 2.05) is 37.3 Å². The zero-order valence-electron chi connectivity index (χ0n) is 15.0. The highest BCUT2D eigenvalue weighted by molar-refractivity contribution is 9.10. The number of carbonyl (C=O) groups is 1. The Bertz CT molecular complexity index is 1080. The van der Waals surface area contributed by atoms with Gasteiger partial charge in [-0.25, -0.2) is 5.43 Å². The second-order valence-electron chi connectivity index (χ2n) is 5.85. The first-order valence-corrected chi connectivity index (χ1v) is 9.04. The van der Waals surface area contributed by atoms with E-state index in [9.17, 15) is 4.79 Å². The van der Waals surface area contributed by atoms with Gasteiger partial charge < -0.3 is 9.30 Å². The van der Waals surface area contributed by atoms with Gasteiger partial charge in [0, 0.05) is 26.6 Å². The van der Waals surface area contributed by atoms with Crippen molar-refractivity contribution in [1.82, 2.24) is 9.99 Å². The number of methoxy groups -OCH3 is 1. The second-order valence-corrected chi connectivity index (χ2v) is 6.77. The molecule has 0 saturated carbocycles. The number of amides is 1. The summed E-state index contributed by atoms with van der Waals surface area (Å²) in [7, 11) is 1.52. The van der Waals surface area contributed by atoms with Crippen LogP contribution in [0.25, 0.3) is 10.9 Å². The fourth-order valence-electron chi connectivity index (χ4n) is 2.99. The molecule has 0 aliphatic carbocycles. The molecule has 0 spiro atoms. The first kappa shape index (κ1) is 18.7. The van der Waals surface area contributed by atoms with Gasteiger partial charge in [-0.15, -0.1) is 6.42 Å². The second kappa shape index (κ2) is 8.11. The normalized spacial score (nSPS) is 10.9. The lowest BCUT2D eigenvalue weighted by molar-refractivity contribution is 0.0952. The van der Waals surface area contributed by atoms with E-state index < -0.39 is 0 Å². The van der Waals surface area contributed by atoms with Crippen LogP contribution in [0.15, 0.2) is 52.0 Å². The molecule has 2 aromatic carbocycles.